The number of ether oxygens (including phenoxy) is 1. The molecular weight excluding hydrogens is 356 g/mol. The number of anilines is 2. The van der Waals surface area contributed by atoms with E-state index in [1.807, 2.05) is 19.1 Å². The molecule has 2 rings (SSSR count). The summed E-state index contributed by atoms with van der Waals surface area (Å²) in [6, 6.07) is 6.08. The van der Waals surface area contributed by atoms with E-state index in [1.54, 1.807) is 27.8 Å². The summed E-state index contributed by atoms with van der Waals surface area (Å²) < 4.78 is 5.27. The van der Waals surface area contributed by atoms with Crippen molar-refractivity contribution in [3.63, 3.8) is 0 Å². The second-order valence-corrected chi connectivity index (χ2v) is 8.31. The van der Waals surface area contributed by atoms with E-state index in [0.29, 0.717) is 0 Å². The number of nitrogens with one attached hydrogen (secondary N) is 1. The van der Waals surface area contributed by atoms with Gasteiger partial charge in [-0.05, 0) is 58.0 Å². The number of carbonyl (C=O) groups is 2. The highest BCUT2D eigenvalue weighted by molar-refractivity contribution is 5.94. The van der Waals surface area contributed by atoms with Crippen molar-refractivity contribution in [2.24, 2.45) is 0 Å². The van der Waals surface area contributed by atoms with Gasteiger partial charge in [0.1, 0.15) is 12.1 Å². The lowest BCUT2D eigenvalue weighted by Crippen LogP contribution is -2.46. The second-order valence-electron chi connectivity index (χ2n) is 8.31. The molecule has 7 nitrogen and oxygen atoms in total. The monoisotopic (exact) mass is 390 g/mol. The lowest BCUT2D eigenvalue weighted by atomic mass is 10.1. The van der Waals surface area contributed by atoms with Crippen LogP contribution in [0.4, 0.5) is 16.2 Å². The van der Waals surface area contributed by atoms with Gasteiger partial charge in [-0.15, -0.1) is 0 Å². The Morgan fingerprint density at radius 2 is 1.82 bits per heavy atom. The molecule has 1 aromatic rings. The van der Waals surface area contributed by atoms with E-state index < -0.39 is 11.7 Å². The minimum Gasteiger partial charge on any atom is -0.444 e. The molecule has 0 atom stereocenters. The molecular formula is C21H34N4O3. The number of aryl methyl sites for hydroxylation is 1. The molecule has 1 N–H and O–H groups in total. The summed E-state index contributed by atoms with van der Waals surface area (Å²) in [6.45, 7) is 14.8. The Morgan fingerprint density at radius 3 is 2.36 bits per heavy atom. The molecule has 2 amide bonds. The molecule has 0 aromatic heterocycles. The average Bonchev–Trinajstić information content (AvgIpc) is 2.62. The van der Waals surface area contributed by atoms with Gasteiger partial charge in [-0.25, -0.2) is 4.79 Å². The van der Waals surface area contributed by atoms with Crippen molar-refractivity contribution in [1.29, 1.82) is 0 Å². The molecule has 0 saturated carbocycles. The molecule has 0 unspecified atom stereocenters. The molecule has 1 aliphatic rings. The summed E-state index contributed by atoms with van der Waals surface area (Å²) in [5.74, 6) is -0.249. The van der Waals surface area contributed by atoms with Crippen molar-refractivity contribution in [2.75, 3.05) is 56.5 Å². The van der Waals surface area contributed by atoms with Gasteiger partial charge >= 0.3 is 6.09 Å². The number of likely N-dealkylation sites (N-methyl/N-ethyl adjacent to an activating group) is 2. The Morgan fingerprint density at radius 1 is 1.18 bits per heavy atom. The molecule has 1 saturated heterocycles. The van der Waals surface area contributed by atoms with Crippen LogP contribution in [0.3, 0.4) is 0 Å². The number of hydrogen-bond acceptors (Lipinski definition) is 5. The van der Waals surface area contributed by atoms with Crippen molar-refractivity contribution in [2.45, 2.75) is 40.2 Å². The first-order valence-electron chi connectivity index (χ1n) is 9.91. The van der Waals surface area contributed by atoms with Crippen molar-refractivity contribution in [3.05, 3.63) is 23.8 Å². The molecule has 1 heterocycles. The summed E-state index contributed by atoms with van der Waals surface area (Å²) in [5, 5.41) is 2.89. The van der Waals surface area contributed by atoms with Gasteiger partial charge in [0, 0.05) is 44.6 Å². The quantitative estimate of drug-likeness (QED) is 0.837. The molecule has 1 fully saturated rings. The van der Waals surface area contributed by atoms with E-state index >= 15 is 0 Å². The Bertz CT molecular complexity index is 691. The van der Waals surface area contributed by atoms with Crippen LogP contribution in [0.5, 0.6) is 0 Å². The zero-order chi connectivity index (χ0) is 20.9. The smallest absolute Gasteiger partial charge is 0.410 e. The van der Waals surface area contributed by atoms with Gasteiger partial charge in [-0.1, -0.05) is 6.92 Å². The normalized spacial score (nSPS) is 15.3. The number of piperazine rings is 1. The number of carbonyl (C=O) groups excluding carboxylic acids is 2. The van der Waals surface area contributed by atoms with Crippen LogP contribution in [-0.4, -0.2) is 73.7 Å². The van der Waals surface area contributed by atoms with Crippen LogP contribution in [0.25, 0.3) is 0 Å². The van der Waals surface area contributed by atoms with Gasteiger partial charge in [-0.3, -0.25) is 4.79 Å². The lowest BCUT2D eigenvalue weighted by molar-refractivity contribution is -0.117. The molecule has 0 aliphatic carbocycles. The Kier molecular flexibility index (Phi) is 7.29. The molecule has 1 aliphatic heterocycles. The maximum absolute atomic E-state index is 12.3. The first-order chi connectivity index (χ1) is 13.1. The number of rotatable bonds is 5. The van der Waals surface area contributed by atoms with Gasteiger partial charge in [0.25, 0.3) is 0 Å². The predicted octanol–water partition coefficient (Wildman–Crippen LogP) is 2.94. The Balaban J connectivity index is 1.92. The van der Waals surface area contributed by atoms with E-state index in [0.717, 1.165) is 44.0 Å². The highest BCUT2D eigenvalue weighted by Gasteiger charge is 2.21. The van der Waals surface area contributed by atoms with Gasteiger partial charge in [0.15, 0.2) is 0 Å². The van der Waals surface area contributed by atoms with Crippen LogP contribution in [0, 0.1) is 6.92 Å². The minimum absolute atomic E-state index is 0.0604. The van der Waals surface area contributed by atoms with Crippen LogP contribution >= 0.6 is 0 Å². The van der Waals surface area contributed by atoms with Gasteiger partial charge in [-0.2, -0.15) is 0 Å². The number of nitrogens with zero attached hydrogens (tertiary/aromatic N) is 3. The minimum atomic E-state index is -0.586. The van der Waals surface area contributed by atoms with Crippen LogP contribution in [0.15, 0.2) is 18.2 Å². The van der Waals surface area contributed by atoms with Gasteiger partial charge < -0.3 is 24.8 Å². The van der Waals surface area contributed by atoms with Crippen LogP contribution in [-0.2, 0) is 9.53 Å². The lowest BCUT2D eigenvalue weighted by Gasteiger charge is -2.35. The van der Waals surface area contributed by atoms with Crippen LogP contribution in [0.2, 0.25) is 0 Å². The third-order valence-electron chi connectivity index (χ3n) is 4.75. The Labute approximate surface area is 168 Å². The van der Waals surface area contributed by atoms with Crippen molar-refractivity contribution in [3.8, 4) is 0 Å². The maximum Gasteiger partial charge on any atom is 0.410 e. The summed E-state index contributed by atoms with van der Waals surface area (Å²) in [5.41, 5.74) is 2.36. The highest BCUT2D eigenvalue weighted by Crippen LogP contribution is 2.24. The highest BCUT2D eigenvalue weighted by atomic mass is 16.6. The fourth-order valence-electron chi connectivity index (χ4n) is 3.12. The summed E-state index contributed by atoms with van der Waals surface area (Å²) in [4.78, 5) is 30.4. The molecule has 0 spiro atoms. The number of hydrogen-bond donors (Lipinski definition) is 1. The summed E-state index contributed by atoms with van der Waals surface area (Å²) in [6.07, 6.45) is -0.513. The number of amides is 2. The molecule has 28 heavy (non-hydrogen) atoms. The van der Waals surface area contributed by atoms with Crippen LogP contribution < -0.4 is 10.2 Å². The number of benzene rings is 1. The SMILES string of the molecule is CCN1CCN(c2ccc(NC(=O)CN(C)C(=O)OC(C)(C)C)c(C)c2)CC1. The fourth-order valence-corrected chi connectivity index (χ4v) is 3.12. The maximum atomic E-state index is 12.3. The zero-order valence-electron chi connectivity index (χ0n) is 18.0. The van der Waals surface area contributed by atoms with E-state index in [9.17, 15) is 9.59 Å². The topological polar surface area (TPSA) is 65.1 Å². The van der Waals surface area contributed by atoms with E-state index in [-0.39, 0.29) is 12.5 Å². The molecule has 156 valence electrons. The molecule has 7 heteroatoms. The van der Waals surface area contributed by atoms with E-state index in [4.69, 9.17) is 4.74 Å². The first kappa shape index (κ1) is 22.0. The molecule has 1 aromatic carbocycles. The Hall–Kier alpha value is -2.28. The van der Waals surface area contributed by atoms with Crippen molar-refractivity contribution in [1.82, 2.24) is 9.80 Å². The van der Waals surface area contributed by atoms with Crippen LogP contribution in [0.1, 0.15) is 33.3 Å². The van der Waals surface area contributed by atoms with E-state index in [2.05, 4.69) is 28.1 Å². The standard InChI is InChI=1S/C21H34N4O3/c1-7-24-10-12-25(13-11-24)17-8-9-18(16(2)14-17)22-19(26)15-23(6)20(27)28-21(3,4)5/h8-9,14H,7,10-13,15H2,1-6H3,(H,22,26). The van der Waals surface area contributed by atoms with Gasteiger partial charge in [0.2, 0.25) is 5.91 Å². The molecule has 0 radical (unpaired) electrons. The predicted molar refractivity (Wildman–Crippen MR) is 113 cm³/mol. The fraction of sp³-hybridized carbons (Fsp3) is 0.619. The third-order valence-corrected chi connectivity index (χ3v) is 4.75. The molecule has 0 bridgehead atoms. The average molecular weight is 391 g/mol. The first-order valence-corrected chi connectivity index (χ1v) is 9.91. The van der Waals surface area contributed by atoms with Crippen molar-refractivity contribution >= 4 is 23.4 Å². The van der Waals surface area contributed by atoms with Gasteiger partial charge in [0.05, 0.1) is 0 Å². The largest absolute Gasteiger partial charge is 0.444 e. The zero-order valence-corrected chi connectivity index (χ0v) is 18.0. The second kappa shape index (κ2) is 9.28. The summed E-state index contributed by atoms with van der Waals surface area (Å²) in [7, 11) is 1.56. The van der Waals surface area contributed by atoms with E-state index in [1.165, 1.54) is 10.6 Å². The third kappa shape index (κ3) is 6.41. The summed E-state index contributed by atoms with van der Waals surface area (Å²) >= 11 is 0. The van der Waals surface area contributed by atoms with Crippen molar-refractivity contribution < 1.29 is 14.3 Å².